The fourth-order valence-corrected chi connectivity index (χ4v) is 4.49. The molecule has 1 aliphatic rings. The third kappa shape index (κ3) is 4.88. The summed E-state index contributed by atoms with van der Waals surface area (Å²) in [5.74, 6) is 0.472. The average Bonchev–Trinajstić information content (AvgIpc) is 3.48. The van der Waals surface area contributed by atoms with E-state index in [0.717, 1.165) is 22.4 Å². The Kier molecular flexibility index (Phi) is 6.21. The lowest BCUT2D eigenvalue weighted by molar-refractivity contribution is -0.139. The Morgan fingerprint density at radius 3 is 2.40 bits per heavy atom. The number of carboxylic acids is 1. The summed E-state index contributed by atoms with van der Waals surface area (Å²) in [6.45, 7) is -0.417. The van der Waals surface area contributed by atoms with Crippen LogP contribution in [0.2, 0.25) is 0 Å². The average molecular weight is 468 g/mol. The summed E-state index contributed by atoms with van der Waals surface area (Å²) in [4.78, 5) is 15.7. The summed E-state index contributed by atoms with van der Waals surface area (Å²) in [5, 5.41) is 20.6. The van der Waals surface area contributed by atoms with E-state index in [1.807, 2.05) is 72.8 Å². The van der Waals surface area contributed by atoms with Crippen molar-refractivity contribution in [2.75, 3.05) is 6.61 Å². The molecular formula is C29H25NO5. The highest BCUT2D eigenvalue weighted by Gasteiger charge is 2.39. The standard InChI is InChI=1S/C29H25NO5/c31-25(32)19-34-23-14-7-9-20(17-23)18-29(33)16-8-15-24(29)28-30-26(21-10-3-1-4-11-21)27(35-28)22-12-5-2-6-13-22/h1-7,9-15,17,33H,8,16,18-19H2,(H,31,32)/t29-/m1/s1. The molecule has 176 valence electrons. The summed E-state index contributed by atoms with van der Waals surface area (Å²) in [6.07, 6.45) is 3.55. The van der Waals surface area contributed by atoms with Crippen LogP contribution in [0.1, 0.15) is 24.3 Å². The molecule has 1 heterocycles. The predicted molar refractivity (Wildman–Crippen MR) is 133 cm³/mol. The zero-order valence-corrected chi connectivity index (χ0v) is 19.1. The van der Waals surface area contributed by atoms with E-state index in [9.17, 15) is 9.90 Å². The molecule has 6 nitrogen and oxygen atoms in total. The van der Waals surface area contributed by atoms with E-state index in [0.29, 0.717) is 42.2 Å². The van der Waals surface area contributed by atoms with Crippen LogP contribution >= 0.6 is 0 Å². The van der Waals surface area contributed by atoms with Crippen molar-refractivity contribution in [1.82, 2.24) is 4.98 Å². The Morgan fingerprint density at radius 1 is 0.971 bits per heavy atom. The van der Waals surface area contributed by atoms with Crippen LogP contribution in [0, 0.1) is 0 Å². The lowest BCUT2D eigenvalue weighted by Crippen LogP contribution is -2.30. The first-order valence-corrected chi connectivity index (χ1v) is 11.5. The molecule has 6 heteroatoms. The molecule has 0 spiro atoms. The van der Waals surface area contributed by atoms with Crippen LogP contribution in [0.5, 0.6) is 5.75 Å². The maximum Gasteiger partial charge on any atom is 0.341 e. The summed E-state index contributed by atoms with van der Waals surface area (Å²) < 4.78 is 11.6. The van der Waals surface area contributed by atoms with Gasteiger partial charge in [0, 0.05) is 23.1 Å². The number of aliphatic carboxylic acids is 1. The third-order valence-electron chi connectivity index (χ3n) is 6.11. The van der Waals surface area contributed by atoms with Gasteiger partial charge in [0.1, 0.15) is 11.4 Å². The Bertz CT molecular complexity index is 1300. The zero-order chi connectivity index (χ0) is 24.3. The highest BCUT2D eigenvalue weighted by atomic mass is 16.5. The second-order valence-electron chi connectivity index (χ2n) is 8.62. The van der Waals surface area contributed by atoms with Gasteiger partial charge in [-0.25, -0.2) is 9.78 Å². The van der Waals surface area contributed by atoms with Crippen LogP contribution in [0.4, 0.5) is 0 Å². The van der Waals surface area contributed by atoms with Crippen molar-refractivity contribution >= 4 is 11.5 Å². The van der Waals surface area contributed by atoms with E-state index in [1.54, 1.807) is 18.2 Å². The van der Waals surface area contributed by atoms with Gasteiger partial charge < -0.3 is 19.4 Å². The van der Waals surface area contributed by atoms with Gasteiger partial charge in [-0.1, -0.05) is 78.9 Å². The minimum absolute atomic E-state index is 0.326. The molecule has 0 aliphatic heterocycles. The van der Waals surface area contributed by atoms with E-state index in [-0.39, 0.29) is 0 Å². The Hall–Kier alpha value is -4.16. The van der Waals surface area contributed by atoms with Crippen molar-refractivity contribution in [3.8, 4) is 28.3 Å². The molecule has 3 aromatic carbocycles. The summed E-state index contributed by atoms with van der Waals surface area (Å²) in [6, 6.07) is 26.8. The first kappa shape index (κ1) is 22.6. The minimum Gasteiger partial charge on any atom is -0.482 e. The first-order valence-electron chi connectivity index (χ1n) is 11.5. The van der Waals surface area contributed by atoms with Gasteiger partial charge >= 0.3 is 5.97 Å². The minimum atomic E-state index is -1.17. The maximum absolute atomic E-state index is 11.7. The van der Waals surface area contributed by atoms with Crippen molar-refractivity contribution < 1.29 is 24.2 Å². The summed E-state index contributed by atoms with van der Waals surface area (Å²) in [5.41, 5.74) is 2.90. The van der Waals surface area contributed by atoms with Gasteiger partial charge in [-0.05, 0) is 30.5 Å². The number of carbonyl (C=O) groups is 1. The van der Waals surface area contributed by atoms with E-state index >= 15 is 0 Å². The lowest BCUT2D eigenvalue weighted by atomic mass is 9.88. The first-order chi connectivity index (χ1) is 17.0. The van der Waals surface area contributed by atoms with Gasteiger partial charge in [0.05, 0.1) is 5.60 Å². The maximum atomic E-state index is 11.7. The molecule has 0 radical (unpaired) electrons. The SMILES string of the molecule is O=C(O)COc1cccc(C[C@]2(O)CCC=C2c2nc(-c3ccccc3)c(-c3ccccc3)o2)c1. The predicted octanol–water partition coefficient (Wildman–Crippen LogP) is 5.62. The van der Waals surface area contributed by atoms with Crippen LogP contribution in [0.25, 0.3) is 28.2 Å². The lowest BCUT2D eigenvalue weighted by Gasteiger charge is -2.25. The van der Waals surface area contributed by atoms with Gasteiger partial charge in [-0.2, -0.15) is 0 Å². The normalized spacial score (nSPS) is 17.2. The van der Waals surface area contributed by atoms with Crippen molar-refractivity contribution in [2.45, 2.75) is 24.9 Å². The Labute approximate surface area is 203 Å². The molecule has 0 unspecified atom stereocenters. The number of benzene rings is 3. The molecule has 1 aliphatic carbocycles. The van der Waals surface area contributed by atoms with Crippen molar-refractivity contribution in [2.24, 2.45) is 0 Å². The summed E-state index contributed by atoms with van der Waals surface area (Å²) in [7, 11) is 0. The fraction of sp³-hybridized carbons (Fsp3) is 0.172. The molecule has 0 fully saturated rings. The van der Waals surface area contributed by atoms with E-state index in [1.165, 1.54) is 0 Å². The number of aliphatic hydroxyl groups is 1. The Morgan fingerprint density at radius 2 is 1.69 bits per heavy atom. The van der Waals surface area contributed by atoms with Crippen LogP contribution in [-0.4, -0.2) is 33.4 Å². The highest BCUT2D eigenvalue weighted by Crippen LogP contribution is 2.43. The quantitative estimate of drug-likeness (QED) is 0.349. The molecule has 0 saturated heterocycles. The molecule has 2 N–H and O–H groups in total. The number of hydrogen-bond donors (Lipinski definition) is 2. The van der Waals surface area contributed by atoms with Gasteiger partial charge in [-0.15, -0.1) is 0 Å². The van der Waals surface area contributed by atoms with Crippen LogP contribution < -0.4 is 4.74 Å². The van der Waals surface area contributed by atoms with E-state index < -0.39 is 18.2 Å². The van der Waals surface area contributed by atoms with Crippen molar-refractivity contribution in [1.29, 1.82) is 0 Å². The largest absolute Gasteiger partial charge is 0.482 e. The highest BCUT2D eigenvalue weighted by molar-refractivity contribution is 5.80. The topological polar surface area (TPSA) is 92.8 Å². The number of allylic oxidation sites excluding steroid dienone is 1. The third-order valence-corrected chi connectivity index (χ3v) is 6.11. The number of ether oxygens (including phenoxy) is 1. The molecular weight excluding hydrogens is 442 g/mol. The molecule has 4 aromatic rings. The van der Waals surface area contributed by atoms with Crippen LogP contribution in [-0.2, 0) is 11.2 Å². The number of nitrogens with zero attached hydrogens (tertiary/aromatic N) is 1. The van der Waals surface area contributed by atoms with E-state index in [2.05, 4.69) is 0 Å². The molecule has 35 heavy (non-hydrogen) atoms. The van der Waals surface area contributed by atoms with Gasteiger partial charge in [0.25, 0.3) is 0 Å². The smallest absolute Gasteiger partial charge is 0.341 e. The van der Waals surface area contributed by atoms with Gasteiger partial charge in [-0.3, -0.25) is 0 Å². The molecule has 0 bridgehead atoms. The van der Waals surface area contributed by atoms with E-state index in [4.69, 9.17) is 19.2 Å². The number of rotatable bonds is 8. The number of oxazole rings is 1. The molecule has 0 amide bonds. The fourth-order valence-electron chi connectivity index (χ4n) is 4.49. The van der Waals surface area contributed by atoms with Gasteiger partial charge in [0.2, 0.25) is 5.89 Å². The summed E-state index contributed by atoms with van der Waals surface area (Å²) >= 11 is 0. The number of carboxylic acid groups (broad SMARTS) is 1. The second-order valence-corrected chi connectivity index (χ2v) is 8.62. The molecule has 5 rings (SSSR count). The molecule has 0 saturated carbocycles. The zero-order valence-electron chi connectivity index (χ0n) is 19.1. The number of aromatic nitrogens is 1. The van der Waals surface area contributed by atoms with Crippen LogP contribution in [0.3, 0.4) is 0 Å². The second kappa shape index (κ2) is 9.60. The van der Waals surface area contributed by atoms with Gasteiger partial charge in [0.15, 0.2) is 12.4 Å². The Balaban J connectivity index is 1.48. The monoisotopic (exact) mass is 467 g/mol. The van der Waals surface area contributed by atoms with Crippen LogP contribution in [0.15, 0.2) is 95.4 Å². The molecule has 1 aromatic heterocycles. The van der Waals surface area contributed by atoms with Crippen molar-refractivity contribution in [3.05, 3.63) is 102 Å². The van der Waals surface area contributed by atoms with Crippen molar-refractivity contribution in [3.63, 3.8) is 0 Å². The number of hydrogen-bond acceptors (Lipinski definition) is 5. The molecule has 1 atom stereocenters.